The summed E-state index contributed by atoms with van der Waals surface area (Å²) in [6, 6.07) is 22.3. The average molecular weight is 589 g/mol. The van der Waals surface area contributed by atoms with Gasteiger partial charge in [-0.15, -0.1) is 0 Å². The predicted molar refractivity (Wildman–Crippen MR) is 170 cm³/mol. The molecule has 0 radical (unpaired) electrons. The molecule has 1 unspecified atom stereocenters. The lowest BCUT2D eigenvalue weighted by atomic mass is 9.88. The van der Waals surface area contributed by atoms with Gasteiger partial charge < -0.3 is 19.5 Å². The van der Waals surface area contributed by atoms with Crippen LogP contribution in [0.15, 0.2) is 72.8 Å². The summed E-state index contributed by atoms with van der Waals surface area (Å²) in [4.78, 5) is 26.8. The summed E-state index contributed by atoms with van der Waals surface area (Å²) in [7, 11) is 0. The van der Waals surface area contributed by atoms with Crippen LogP contribution in [-0.2, 0) is 17.6 Å². The van der Waals surface area contributed by atoms with Gasteiger partial charge in [0.25, 0.3) is 0 Å². The zero-order valence-electron chi connectivity index (χ0n) is 25.1. The van der Waals surface area contributed by atoms with Crippen molar-refractivity contribution in [1.29, 1.82) is 0 Å². The Balaban J connectivity index is 1.20. The lowest BCUT2D eigenvalue weighted by Crippen LogP contribution is -2.46. The minimum atomic E-state index is -0.907. The second-order valence-corrected chi connectivity index (χ2v) is 11.5. The van der Waals surface area contributed by atoms with E-state index in [9.17, 15) is 19.1 Å². The fourth-order valence-electron chi connectivity index (χ4n) is 5.84. The normalized spacial score (nSPS) is 14.4. The molecular formula is C36H45FN2O4. The number of aryl methyl sites for hydroxylation is 1. The topological polar surface area (TPSA) is 70.1 Å². The summed E-state index contributed by atoms with van der Waals surface area (Å²) in [5.41, 5.74) is 3.76. The molecule has 7 heteroatoms. The van der Waals surface area contributed by atoms with Gasteiger partial charge >= 0.3 is 5.97 Å². The van der Waals surface area contributed by atoms with Crippen LogP contribution in [0.2, 0.25) is 0 Å². The average Bonchev–Trinajstić information content (AvgIpc) is 3.03. The van der Waals surface area contributed by atoms with Crippen molar-refractivity contribution in [3.8, 4) is 5.75 Å². The van der Waals surface area contributed by atoms with Crippen LogP contribution in [0.3, 0.4) is 0 Å². The molecule has 1 heterocycles. The molecular weight excluding hydrogens is 543 g/mol. The molecule has 1 aliphatic rings. The maximum Gasteiger partial charge on any atom is 0.335 e. The molecule has 1 aliphatic heterocycles. The number of aromatic carboxylic acids is 1. The van der Waals surface area contributed by atoms with Gasteiger partial charge in [0, 0.05) is 38.3 Å². The van der Waals surface area contributed by atoms with E-state index in [0.29, 0.717) is 24.5 Å². The van der Waals surface area contributed by atoms with E-state index < -0.39 is 5.97 Å². The van der Waals surface area contributed by atoms with Gasteiger partial charge in [-0.1, -0.05) is 43.2 Å². The molecule has 0 aromatic heterocycles. The lowest BCUT2D eigenvalue weighted by molar-refractivity contribution is -0.107. The minimum absolute atomic E-state index is 0.194. The van der Waals surface area contributed by atoms with E-state index in [1.807, 2.05) is 30.3 Å². The molecule has 230 valence electrons. The second-order valence-electron chi connectivity index (χ2n) is 11.5. The highest BCUT2D eigenvalue weighted by atomic mass is 19.1. The first-order chi connectivity index (χ1) is 21.0. The van der Waals surface area contributed by atoms with Gasteiger partial charge in [0.1, 0.15) is 17.9 Å². The van der Waals surface area contributed by atoms with Gasteiger partial charge in [0.05, 0.1) is 12.2 Å². The standard InChI is InChI=1S/C36H45FN2O4/c37-33-17-19-34(20-18-33)39-24-22-38(23-25-39)21-5-7-27-43-35-10-4-3-9-31(35)14-11-29(8-2-1-6-26-40)28-30-12-15-32(16-13-30)36(41)42/h3-4,9-10,12-13,15-20,26,29H,1-2,5-8,11,14,21-25,27-28H2,(H,41,42). The quantitative estimate of drug-likeness (QED) is 0.127. The Morgan fingerprint density at radius 2 is 1.63 bits per heavy atom. The molecule has 4 rings (SSSR count). The highest BCUT2D eigenvalue weighted by molar-refractivity contribution is 5.87. The summed E-state index contributed by atoms with van der Waals surface area (Å²) < 4.78 is 19.5. The summed E-state index contributed by atoms with van der Waals surface area (Å²) in [6.45, 7) is 5.70. The van der Waals surface area contributed by atoms with Gasteiger partial charge in [0.15, 0.2) is 0 Å². The number of aldehydes is 1. The van der Waals surface area contributed by atoms with Crippen molar-refractivity contribution in [2.24, 2.45) is 5.92 Å². The van der Waals surface area contributed by atoms with Crippen molar-refractivity contribution < 1.29 is 23.8 Å². The fourth-order valence-corrected chi connectivity index (χ4v) is 5.84. The van der Waals surface area contributed by atoms with Crippen LogP contribution in [-0.4, -0.2) is 61.6 Å². The number of carbonyl (C=O) groups excluding carboxylic acids is 1. The van der Waals surface area contributed by atoms with Crippen LogP contribution in [0.25, 0.3) is 0 Å². The van der Waals surface area contributed by atoms with Gasteiger partial charge in [-0.3, -0.25) is 4.90 Å². The maximum absolute atomic E-state index is 13.2. The SMILES string of the molecule is O=CCCCCC(CCc1ccccc1OCCCCN1CCN(c2ccc(F)cc2)CC1)Cc1ccc(C(=O)O)cc1. The number of halogens is 1. The monoisotopic (exact) mass is 588 g/mol. The van der Waals surface area contributed by atoms with E-state index in [1.165, 1.54) is 17.7 Å². The number of benzene rings is 3. The molecule has 3 aromatic rings. The zero-order chi connectivity index (χ0) is 30.3. The third kappa shape index (κ3) is 10.8. The van der Waals surface area contributed by atoms with Gasteiger partial charge in [-0.2, -0.15) is 0 Å². The number of anilines is 1. The number of rotatable bonds is 18. The molecule has 1 saturated heterocycles. The van der Waals surface area contributed by atoms with Crippen LogP contribution < -0.4 is 9.64 Å². The lowest BCUT2D eigenvalue weighted by Gasteiger charge is -2.36. The van der Waals surface area contributed by atoms with E-state index >= 15 is 0 Å². The van der Waals surface area contributed by atoms with Crippen molar-refractivity contribution in [2.75, 3.05) is 44.2 Å². The zero-order valence-corrected chi connectivity index (χ0v) is 25.1. The fraction of sp³-hybridized carbons (Fsp3) is 0.444. The van der Waals surface area contributed by atoms with Crippen LogP contribution in [0, 0.1) is 11.7 Å². The Morgan fingerprint density at radius 3 is 2.35 bits per heavy atom. The van der Waals surface area contributed by atoms with Crippen LogP contribution >= 0.6 is 0 Å². The number of hydrogen-bond acceptors (Lipinski definition) is 5. The second kappa shape index (κ2) is 17.4. The Morgan fingerprint density at radius 1 is 0.884 bits per heavy atom. The number of carboxylic acid groups (broad SMARTS) is 1. The molecule has 0 saturated carbocycles. The molecule has 0 bridgehead atoms. The first-order valence-electron chi connectivity index (χ1n) is 15.7. The van der Waals surface area contributed by atoms with Gasteiger partial charge in [-0.25, -0.2) is 9.18 Å². The van der Waals surface area contributed by atoms with E-state index in [-0.39, 0.29) is 5.82 Å². The number of carbonyl (C=O) groups is 2. The van der Waals surface area contributed by atoms with E-state index in [4.69, 9.17) is 4.74 Å². The Labute approximate surface area is 255 Å². The predicted octanol–water partition coefficient (Wildman–Crippen LogP) is 7.06. The molecule has 1 N–H and O–H groups in total. The minimum Gasteiger partial charge on any atom is -0.493 e. The molecule has 43 heavy (non-hydrogen) atoms. The van der Waals surface area contributed by atoms with Gasteiger partial charge in [0.2, 0.25) is 0 Å². The number of para-hydroxylation sites is 1. The highest BCUT2D eigenvalue weighted by Crippen LogP contribution is 2.26. The molecule has 0 amide bonds. The van der Waals surface area contributed by atoms with E-state index in [0.717, 1.165) is 107 Å². The summed E-state index contributed by atoms with van der Waals surface area (Å²) in [5, 5.41) is 9.21. The number of carboxylic acids is 1. The van der Waals surface area contributed by atoms with E-state index in [2.05, 4.69) is 28.0 Å². The van der Waals surface area contributed by atoms with Crippen LogP contribution in [0.1, 0.15) is 66.4 Å². The Bertz CT molecular complexity index is 1260. The highest BCUT2D eigenvalue weighted by Gasteiger charge is 2.17. The number of piperazine rings is 1. The Kier molecular flexibility index (Phi) is 13.0. The molecule has 3 aromatic carbocycles. The first-order valence-corrected chi connectivity index (χ1v) is 15.7. The molecule has 6 nitrogen and oxygen atoms in total. The van der Waals surface area contributed by atoms with Crippen LogP contribution in [0.4, 0.5) is 10.1 Å². The molecule has 0 aliphatic carbocycles. The smallest absolute Gasteiger partial charge is 0.335 e. The van der Waals surface area contributed by atoms with Gasteiger partial charge in [-0.05, 0) is 105 Å². The summed E-state index contributed by atoms with van der Waals surface area (Å²) >= 11 is 0. The molecule has 1 atom stereocenters. The third-order valence-electron chi connectivity index (χ3n) is 8.39. The number of ether oxygens (including phenoxy) is 1. The largest absolute Gasteiger partial charge is 0.493 e. The van der Waals surface area contributed by atoms with Crippen molar-refractivity contribution >= 4 is 17.9 Å². The Hall–Kier alpha value is -3.71. The number of unbranched alkanes of at least 4 members (excludes halogenated alkanes) is 3. The third-order valence-corrected chi connectivity index (χ3v) is 8.39. The summed E-state index contributed by atoms with van der Waals surface area (Å²) in [5.74, 6) is 0.302. The van der Waals surface area contributed by atoms with Crippen molar-refractivity contribution in [3.05, 3.63) is 95.3 Å². The van der Waals surface area contributed by atoms with Crippen LogP contribution in [0.5, 0.6) is 5.75 Å². The van der Waals surface area contributed by atoms with Crippen molar-refractivity contribution in [3.63, 3.8) is 0 Å². The maximum atomic E-state index is 13.2. The number of hydrogen-bond donors (Lipinski definition) is 1. The number of nitrogens with zero attached hydrogens (tertiary/aromatic N) is 2. The first kappa shape index (κ1) is 32.2. The van der Waals surface area contributed by atoms with Crippen molar-refractivity contribution in [1.82, 2.24) is 4.90 Å². The van der Waals surface area contributed by atoms with Crippen molar-refractivity contribution in [2.45, 2.75) is 57.8 Å². The summed E-state index contributed by atoms with van der Waals surface area (Å²) in [6.07, 6.45) is 9.44. The molecule has 0 spiro atoms. The molecule has 1 fully saturated rings. The van der Waals surface area contributed by atoms with E-state index in [1.54, 1.807) is 12.1 Å².